The molecule has 0 aromatic heterocycles. The van der Waals surface area contributed by atoms with Gasteiger partial charge in [0, 0.05) is 18.6 Å². The van der Waals surface area contributed by atoms with Crippen LogP contribution in [-0.4, -0.2) is 41.3 Å². The minimum absolute atomic E-state index is 0.166. The molecule has 1 fully saturated rings. The third-order valence-corrected chi connectivity index (χ3v) is 3.58. The Bertz CT molecular complexity index is 167. The highest BCUT2D eigenvalue weighted by molar-refractivity contribution is 4.81. The van der Waals surface area contributed by atoms with Gasteiger partial charge in [0.05, 0.1) is 6.10 Å². The lowest BCUT2D eigenvalue weighted by Gasteiger charge is -2.36. The Morgan fingerprint density at radius 1 is 1.27 bits per heavy atom. The summed E-state index contributed by atoms with van der Waals surface area (Å²) in [6.45, 7) is 6.08. The molecule has 0 amide bonds. The van der Waals surface area contributed by atoms with Crippen LogP contribution in [0.4, 0.5) is 0 Å². The molecule has 1 unspecified atom stereocenters. The molecule has 3 heteroatoms. The van der Waals surface area contributed by atoms with E-state index in [2.05, 4.69) is 11.8 Å². The van der Waals surface area contributed by atoms with Gasteiger partial charge in [-0.3, -0.25) is 4.90 Å². The number of rotatable bonds is 5. The lowest BCUT2D eigenvalue weighted by Crippen LogP contribution is -2.44. The molecule has 1 saturated carbocycles. The fourth-order valence-corrected chi connectivity index (χ4v) is 2.40. The zero-order valence-electron chi connectivity index (χ0n) is 10.2. The zero-order valence-corrected chi connectivity index (χ0v) is 10.2. The summed E-state index contributed by atoms with van der Waals surface area (Å²) < 4.78 is 0. The number of aliphatic hydroxyl groups excluding tert-OH is 1. The molecule has 15 heavy (non-hydrogen) atoms. The normalized spacial score (nSPS) is 29.4. The molecular formula is C12H26N2O. The number of hydrogen-bond donors (Lipinski definition) is 2. The van der Waals surface area contributed by atoms with Gasteiger partial charge >= 0.3 is 0 Å². The summed E-state index contributed by atoms with van der Waals surface area (Å²) in [6, 6.07) is 1.06. The molecule has 0 bridgehead atoms. The van der Waals surface area contributed by atoms with Crippen LogP contribution in [-0.2, 0) is 0 Å². The quantitative estimate of drug-likeness (QED) is 0.726. The van der Waals surface area contributed by atoms with Crippen LogP contribution in [0, 0.1) is 0 Å². The maximum absolute atomic E-state index is 9.68. The molecule has 0 spiro atoms. The summed E-state index contributed by atoms with van der Waals surface area (Å²) in [7, 11) is 0. The Kier molecular flexibility index (Phi) is 5.58. The van der Waals surface area contributed by atoms with Crippen molar-refractivity contribution in [2.75, 3.05) is 13.1 Å². The van der Waals surface area contributed by atoms with Gasteiger partial charge < -0.3 is 10.8 Å². The second kappa shape index (κ2) is 6.46. The van der Waals surface area contributed by atoms with Gasteiger partial charge in [-0.15, -0.1) is 0 Å². The molecule has 0 aromatic carbocycles. The van der Waals surface area contributed by atoms with Crippen LogP contribution >= 0.6 is 0 Å². The Labute approximate surface area is 93.6 Å². The van der Waals surface area contributed by atoms with E-state index in [0.717, 1.165) is 32.4 Å². The standard InChI is InChI=1S/C12H26N2O/c1-3-12(15)9-14(4-2)11-7-5-10(13)6-8-11/h10-12,15H,3-9,13H2,1-2H3. The van der Waals surface area contributed by atoms with Gasteiger partial charge in [0.15, 0.2) is 0 Å². The van der Waals surface area contributed by atoms with E-state index < -0.39 is 0 Å². The van der Waals surface area contributed by atoms with Crippen molar-refractivity contribution < 1.29 is 5.11 Å². The second-order valence-electron chi connectivity index (χ2n) is 4.72. The smallest absolute Gasteiger partial charge is 0.0664 e. The van der Waals surface area contributed by atoms with E-state index in [1.165, 1.54) is 12.8 Å². The summed E-state index contributed by atoms with van der Waals surface area (Å²) in [4.78, 5) is 2.42. The van der Waals surface area contributed by atoms with E-state index in [9.17, 15) is 5.11 Å². The van der Waals surface area contributed by atoms with Crippen molar-refractivity contribution in [3.05, 3.63) is 0 Å². The number of likely N-dealkylation sites (N-methyl/N-ethyl adjacent to an activating group) is 1. The minimum Gasteiger partial charge on any atom is -0.392 e. The molecule has 1 rings (SSSR count). The maximum atomic E-state index is 9.68. The first kappa shape index (κ1) is 12.9. The summed E-state index contributed by atoms with van der Waals surface area (Å²) in [5.41, 5.74) is 5.90. The Hall–Kier alpha value is -0.120. The first-order chi connectivity index (χ1) is 7.17. The van der Waals surface area contributed by atoms with E-state index in [1.807, 2.05) is 6.92 Å². The highest BCUT2D eigenvalue weighted by Crippen LogP contribution is 2.22. The van der Waals surface area contributed by atoms with Crippen LogP contribution in [0.25, 0.3) is 0 Å². The molecule has 0 saturated heterocycles. The molecule has 3 nitrogen and oxygen atoms in total. The van der Waals surface area contributed by atoms with Crippen molar-refractivity contribution in [1.82, 2.24) is 4.90 Å². The Morgan fingerprint density at radius 2 is 1.87 bits per heavy atom. The molecule has 1 atom stereocenters. The number of aliphatic hydroxyl groups is 1. The van der Waals surface area contributed by atoms with Crippen molar-refractivity contribution in [2.24, 2.45) is 5.73 Å². The van der Waals surface area contributed by atoms with Crippen molar-refractivity contribution in [3.63, 3.8) is 0 Å². The monoisotopic (exact) mass is 214 g/mol. The number of hydrogen-bond acceptors (Lipinski definition) is 3. The topological polar surface area (TPSA) is 49.5 Å². The Morgan fingerprint density at radius 3 is 2.33 bits per heavy atom. The van der Waals surface area contributed by atoms with Gasteiger partial charge in [0.25, 0.3) is 0 Å². The van der Waals surface area contributed by atoms with E-state index in [-0.39, 0.29) is 6.10 Å². The third-order valence-electron chi connectivity index (χ3n) is 3.58. The van der Waals surface area contributed by atoms with Crippen molar-refractivity contribution in [1.29, 1.82) is 0 Å². The van der Waals surface area contributed by atoms with Crippen LogP contribution in [0.3, 0.4) is 0 Å². The lowest BCUT2D eigenvalue weighted by molar-refractivity contribution is 0.0728. The number of nitrogens with zero attached hydrogens (tertiary/aromatic N) is 1. The van der Waals surface area contributed by atoms with Crippen LogP contribution in [0.5, 0.6) is 0 Å². The summed E-state index contributed by atoms with van der Waals surface area (Å²) in [6.07, 6.45) is 5.37. The molecule has 0 radical (unpaired) electrons. The van der Waals surface area contributed by atoms with Gasteiger partial charge in [-0.2, -0.15) is 0 Å². The zero-order chi connectivity index (χ0) is 11.3. The molecule has 3 N–H and O–H groups in total. The highest BCUT2D eigenvalue weighted by atomic mass is 16.3. The fourth-order valence-electron chi connectivity index (χ4n) is 2.40. The summed E-state index contributed by atoms with van der Waals surface area (Å²) in [5.74, 6) is 0. The van der Waals surface area contributed by atoms with Gasteiger partial charge in [-0.05, 0) is 38.6 Å². The second-order valence-corrected chi connectivity index (χ2v) is 4.72. The first-order valence-corrected chi connectivity index (χ1v) is 6.35. The van der Waals surface area contributed by atoms with Crippen LogP contribution in [0.1, 0.15) is 46.0 Å². The van der Waals surface area contributed by atoms with Gasteiger partial charge in [0.2, 0.25) is 0 Å². The van der Waals surface area contributed by atoms with Gasteiger partial charge in [-0.25, -0.2) is 0 Å². The minimum atomic E-state index is -0.166. The maximum Gasteiger partial charge on any atom is 0.0664 e. The summed E-state index contributed by atoms with van der Waals surface area (Å²) in [5, 5.41) is 9.68. The molecular weight excluding hydrogens is 188 g/mol. The highest BCUT2D eigenvalue weighted by Gasteiger charge is 2.24. The van der Waals surface area contributed by atoms with E-state index in [1.54, 1.807) is 0 Å². The lowest BCUT2D eigenvalue weighted by atomic mass is 9.90. The third kappa shape index (κ3) is 4.09. The largest absolute Gasteiger partial charge is 0.392 e. The average Bonchev–Trinajstić information content (AvgIpc) is 2.27. The van der Waals surface area contributed by atoms with Crippen molar-refractivity contribution in [3.8, 4) is 0 Å². The van der Waals surface area contributed by atoms with E-state index >= 15 is 0 Å². The van der Waals surface area contributed by atoms with E-state index in [4.69, 9.17) is 5.73 Å². The van der Waals surface area contributed by atoms with E-state index in [0.29, 0.717) is 12.1 Å². The fraction of sp³-hybridized carbons (Fsp3) is 1.00. The molecule has 1 aliphatic carbocycles. The molecule has 90 valence electrons. The predicted octanol–water partition coefficient (Wildman–Crippen LogP) is 1.35. The Balaban J connectivity index is 2.37. The number of nitrogens with two attached hydrogens (primary N) is 1. The molecule has 0 aliphatic heterocycles. The predicted molar refractivity (Wildman–Crippen MR) is 63.8 cm³/mol. The van der Waals surface area contributed by atoms with Crippen molar-refractivity contribution in [2.45, 2.75) is 64.1 Å². The molecule has 0 heterocycles. The average molecular weight is 214 g/mol. The van der Waals surface area contributed by atoms with Crippen LogP contribution in [0.15, 0.2) is 0 Å². The molecule has 1 aliphatic rings. The first-order valence-electron chi connectivity index (χ1n) is 6.35. The van der Waals surface area contributed by atoms with Crippen molar-refractivity contribution >= 4 is 0 Å². The van der Waals surface area contributed by atoms with Crippen LogP contribution < -0.4 is 5.73 Å². The van der Waals surface area contributed by atoms with Gasteiger partial charge in [-0.1, -0.05) is 13.8 Å². The molecule has 0 aromatic rings. The van der Waals surface area contributed by atoms with Crippen LogP contribution in [0.2, 0.25) is 0 Å². The SMILES string of the molecule is CCC(O)CN(CC)C1CCC(N)CC1. The van der Waals surface area contributed by atoms with Gasteiger partial charge in [0.1, 0.15) is 0 Å². The summed E-state index contributed by atoms with van der Waals surface area (Å²) >= 11 is 0.